The van der Waals surface area contributed by atoms with Crippen LogP contribution in [0.2, 0.25) is 0 Å². The fourth-order valence-corrected chi connectivity index (χ4v) is 2.09. The van der Waals surface area contributed by atoms with Crippen molar-refractivity contribution in [2.24, 2.45) is 0 Å². The lowest BCUT2D eigenvalue weighted by atomic mass is 10.1. The summed E-state index contributed by atoms with van der Waals surface area (Å²) >= 11 is 1.43. The molecule has 70 valence electrons. The molecule has 0 aliphatic rings. The Morgan fingerprint density at radius 3 is 2.64 bits per heavy atom. The molecule has 2 nitrogen and oxygen atoms in total. The van der Waals surface area contributed by atoms with Crippen molar-refractivity contribution in [3.8, 4) is 11.3 Å². The molecule has 14 heavy (non-hydrogen) atoms. The highest BCUT2D eigenvalue weighted by atomic mass is 32.1. The van der Waals surface area contributed by atoms with Gasteiger partial charge in [-0.2, -0.15) is 0 Å². The van der Waals surface area contributed by atoms with Crippen molar-refractivity contribution < 1.29 is 4.79 Å². The Morgan fingerprint density at radius 2 is 2.00 bits per heavy atom. The van der Waals surface area contributed by atoms with Gasteiger partial charge in [0.2, 0.25) is 0 Å². The lowest BCUT2D eigenvalue weighted by Crippen LogP contribution is -1.82. The lowest BCUT2D eigenvalue weighted by molar-refractivity contribution is 0.112. The number of rotatable bonds is 2. The number of thiazole rings is 1. The van der Waals surface area contributed by atoms with Gasteiger partial charge in [0, 0.05) is 5.56 Å². The topological polar surface area (TPSA) is 30.0 Å². The number of nitrogens with zero attached hydrogens (tertiary/aromatic N) is 1. The molecule has 2 rings (SSSR count). The summed E-state index contributed by atoms with van der Waals surface area (Å²) in [6.45, 7) is 1.91. The molecule has 0 spiro atoms. The van der Waals surface area contributed by atoms with E-state index in [1.165, 1.54) is 11.3 Å². The van der Waals surface area contributed by atoms with Crippen molar-refractivity contribution in [2.75, 3.05) is 0 Å². The highest BCUT2D eigenvalue weighted by molar-refractivity contribution is 7.13. The predicted molar refractivity (Wildman–Crippen MR) is 57.7 cm³/mol. The van der Waals surface area contributed by atoms with E-state index in [9.17, 15) is 4.79 Å². The highest BCUT2D eigenvalue weighted by Crippen LogP contribution is 2.25. The van der Waals surface area contributed by atoms with Crippen LogP contribution in [-0.4, -0.2) is 11.3 Å². The zero-order valence-corrected chi connectivity index (χ0v) is 8.54. The van der Waals surface area contributed by atoms with Gasteiger partial charge in [-0.15, -0.1) is 11.3 Å². The Labute approximate surface area is 86.2 Å². The van der Waals surface area contributed by atoms with Crippen LogP contribution < -0.4 is 0 Å². The van der Waals surface area contributed by atoms with E-state index in [2.05, 4.69) is 4.98 Å². The second-order valence-electron chi connectivity index (χ2n) is 2.93. The van der Waals surface area contributed by atoms with E-state index in [1.807, 2.05) is 37.3 Å². The fourth-order valence-electron chi connectivity index (χ4n) is 1.33. The Balaban J connectivity index is 2.56. The van der Waals surface area contributed by atoms with E-state index in [1.54, 1.807) is 0 Å². The number of hydrogen-bond acceptors (Lipinski definition) is 3. The van der Waals surface area contributed by atoms with Crippen molar-refractivity contribution in [2.45, 2.75) is 6.92 Å². The quantitative estimate of drug-likeness (QED) is 0.702. The van der Waals surface area contributed by atoms with Gasteiger partial charge in [0.1, 0.15) is 0 Å². The molecule has 0 saturated heterocycles. The van der Waals surface area contributed by atoms with Crippen LogP contribution in [0.15, 0.2) is 30.3 Å². The average molecular weight is 203 g/mol. The van der Waals surface area contributed by atoms with Crippen LogP contribution in [0.4, 0.5) is 0 Å². The molecular weight excluding hydrogens is 194 g/mol. The molecule has 0 aliphatic heterocycles. The summed E-state index contributed by atoms with van der Waals surface area (Å²) in [5.41, 5.74) is 1.79. The average Bonchev–Trinajstić information content (AvgIpc) is 2.61. The number of carbonyl (C=O) groups excluding carboxylic acids is 1. The summed E-state index contributed by atoms with van der Waals surface area (Å²) in [4.78, 5) is 15.8. The molecule has 0 bridgehead atoms. The number of aromatic nitrogens is 1. The van der Waals surface area contributed by atoms with Gasteiger partial charge in [-0.05, 0) is 6.92 Å². The Hall–Kier alpha value is -1.48. The van der Waals surface area contributed by atoms with Gasteiger partial charge in [0.15, 0.2) is 6.29 Å². The van der Waals surface area contributed by atoms with E-state index in [-0.39, 0.29) is 0 Å². The van der Waals surface area contributed by atoms with E-state index < -0.39 is 0 Å². The van der Waals surface area contributed by atoms with Gasteiger partial charge in [-0.25, -0.2) is 4.98 Å². The second-order valence-corrected chi connectivity index (χ2v) is 4.16. The fraction of sp³-hybridized carbons (Fsp3) is 0.0909. The van der Waals surface area contributed by atoms with Crippen LogP contribution in [0.5, 0.6) is 0 Å². The molecule has 3 heteroatoms. The van der Waals surface area contributed by atoms with Crippen molar-refractivity contribution in [3.63, 3.8) is 0 Å². The van der Waals surface area contributed by atoms with Gasteiger partial charge < -0.3 is 0 Å². The Morgan fingerprint density at radius 1 is 1.29 bits per heavy atom. The van der Waals surface area contributed by atoms with Crippen LogP contribution in [0.3, 0.4) is 0 Å². The third-order valence-electron chi connectivity index (χ3n) is 1.91. The first-order valence-corrected chi connectivity index (χ1v) is 5.11. The zero-order valence-electron chi connectivity index (χ0n) is 7.73. The van der Waals surface area contributed by atoms with Gasteiger partial charge in [0.25, 0.3) is 0 Å². The third kappa shape index (κ3) is 1.59. The van der Waals surface area contributed by atoms with E-state index in [4.69, 9.17) is 0 Å². The largest absolute Gasteiger partial charge is 0.297 e. The first kappa shape index (κ1) is 9.09. The molecule has 0 saturated carbocycles. The van der Waals surface area contributed by atoms with Gasteiger partial charge >= 0.3 is 0 Å². The Bertz CT molecular complexity index is 448. The molecular formula is C11H9NOS. The maximum absolute atomic E-state index is 10.8. The SMILES string of the molecule is Cc1nc(-c2ccccc2)c(C=O)s1. The molecule has 0 radical (unpaired) electrons. The second kappa shape index (κ2) is 3.72. The maximum atomic E-state index is 10.8. The normalized spacial score (nSPS) is 10.1. The van der Waals surface area contributed by atoms with Crippen LogP contribution in [-0.2, 0) is 0 Å². The van der Waals surface area contributed by atoms with Crippen LogP contribution >= 0.6 is 11.3 Å². The van der Waals surface area contributed by atoms with Crippen molar-refractivity contribution in [1.82, 2.24) is 4.98 Å². The van der Waals surface area contributed by atoms with E-state index in [0.29, 0.717) is 4.88 Å². The number of benzene rings is 1. The van der Waals surface area contributed by atoms with Crippen molar-refractivity contribution in [1.29, 1.82) is 0 Å². The molecule has 2 aromatic rings. The summed E-state index contributed by atoms with van der Waals surface area (Å²) in [6.07, 6.45) is 0.868. The molecule has 0 amide bonds. The van der Waals surface area contributed by atoms with Crippen molar-refractivity contribution in [3.05, 3.63) is 40.2 Å². The molecule has 0 unspecified atom stereocenters. The number of carbonyl (C=O) groups is 1. The van der Waals surface area contributed by atoms with Crippen LogP contribution in [0.25, 0.3) is 11.3 Å². The summed E-state index contributed by atoms with van der Waals surface area (Å²) in [6, 6.07) is 9.75. The lowest BCUT2D eigenvalue weighted by Gasteiger charge is -1.95. The molecule has 0 fully saturated rings. The van der Waals surface area contributed by atoms with Gasteiger partial charge in [-0.1, -0.05) is 30.3 Å². The van der Waals surface area contributed by atoms with Crippen molar-refractivity contribution >= 4 is 17.6 Å². The monoisotopic (exact) mass is 203 g/mol. The standard InChI is InChI=1S/C11H9NOS/c1-8-12-11(10(7-13)14-8)9-5-3-2-4-6-9/h2-7H,1H3. The maximum Gasteiger partial charge on any atom is 0.162 e. The smallest absolute Gasteiger partial charge is 0.162 e. The first-order valence-electron chi connectivity index (χ1n) is 4.29. The minimum Gasteiger partial charge on any atom is -0.297 e. The van der Waals surface area contributed by atoms with Crippen LogP contribution in [0, 0.1) is 6.92 Å². The molecule has 1 aromatic heterocycles. The van der Waals surface area contributed by atoms with Gasteiger partial charge in [0.05, 0.1) is 15.6 Å². The Kier molecular flexibility index (Phi) is 2.41. The number of aryl methyl sites for hydroxylation is 1. The van der Waals surface area contributed by atoms with E-state index in [0.717, 1.165) is 22.6 Å². The summed E-state index contributed by atoms with van der Waals surface area (Å²) < 4.78 is 0. The molecule has 0 atom stereocenters. The molecule has 1 aromatic carbocycles. The highest BCUT2D eigenvalue weighted by Gasteiger charge is 2.09. The summed E-state index contributed by atoms with van der Waals surface area (Å²) in [5.74, 6) is 0. The summed E-state index contributed by atoms with van der Waals surface area (Å²) in [7, 11) is 0. The molecule has 1 heterocycles. The number of aldehydes is 1. The van der Waals surface area contributed by atoms with Crippen LogP contribution in [0.1, 0.15) is 14.7 Å². The summed E-state index contributed by atoms with van der Waals surface area (Å²) in [5, 5.41) is 0.922. The molecule has 0 N–H and O–H groups in total. The minimum atomic E-state index is 0.703. The predicted octanol–water partition coefficient (Wildman–Crippen LogP) is 2.93. The minimum absolute atomic E-state index is 0.703. The first-order chi connectivity index (χ1) is 6.81. The third-order valence-corrected chi connectivity index (χ3v) is 2.81. The van der Waals surface area contributed by atoms with E-state index >= 15 is 0 Å². The number of hydrogen-bond donors (Lipinski definition) is 0. The van der Waals surface area contributed by atoms with Gasteiger partial charge in [-0.3, -0.25) is 4.79 Å². The zero-order chi connectivity index (χ0) is 9.97. The molecule has 0 aliphatic carbocycles.